The molecule has 1 aromatic carbocycles. The van der Waals surface area contributed by atoms with Crippen LogP contribution in [0.25, 0.3) is 11.4 Å². The highest BCUT2D eigenvalue weighted by Gasteiger charge is 2.31. The van der Waals surface area contributed by atoms with E-state index in [2.05, 4.69) is 10.1 Å². The number of aromatic nitrogens is 2. The zero-order chi connectivity index (χ0) is 15.4. The molecule has 1 atom stereocenters. The molecule has 1 aliphatic rings. The Balaban J connectivity index is 0.00000192. The van der Waals surface area contributed by atoms with Crippen LogP contribution in [0, 0.1) is 0 Å². The molecule has 0 saturated carbocycles. The van der Waals surface area contributed by atoms with Gasteiger partial charge < -0.3 is 15.2 Å². The minimum Gasteiger partial charge on any atom is -0.337 e. The highest BCUT2D eigenvalue weighted by Crippen LogP contribution is 2.31. The third kappa shape index (κ3) is 3.89. The number of hydrogen-bond acceptors (Lipinski definition) is 5. The van der Waals surface area contributed by atoms with Crippen LogP contribution in [0.5, 0.6) is 0 Å². The summed E-state index contributed by atoms with van der Waals surface area (Å²) in [6.45, 7) is 1.09. The number of piperidine rings is 1. The summed E-state index contributed by atoms with van der Waals surface area (Å²) in [6, 6.07) is 9.56. The summed E-state index contributed by atoms with van der Waals surface area (Å²) < 4.78 is 5.43. The summed E-state index contributed by atoms with van der Waals surface area (Å²) in [4.78, 5) is 18.5. The first kappa shape index (κ1) is 17.4. The van der Waals surface area contributed by atoms with E-state index >= 15 is 0 Å². The van der Waals surface area contributed by atoms with Crippen LogP contribution in [0.2, 0.25) is 0 Å². The van der Waals surface area contributed by atoms with Crippen molar-refractivity contribution in [3.63, 3.8) is 0 Å². The van der Waals surface area contributed by atoms with E-state index in [0.29, 0.717) is 24.7 Å². The summed E-state index contributed by atoms with van der Waals surface area (Å²) in [5, 5.41) is 4.05. The molecule has 1 unspecified atom stereocenters. The topological polar surface area (TPSA) is 85.3 Å². The zero-order valence-electron chi connectivity index (χ0n) is 12.9. The molecule has 0 spiro atoms. The molecule has 0 aliphatic carbocycles. The van der Waals surface area contributed by atoms with Crippen LogP contribution in [0.15, 0.2) is 34.9 Å². The normalized spacial score (nSPS) is 17.6. The molecular formula is C16H21ClN4O2. The molecule has 2 heterocycles. The van der Waals surface area contributed by atoms with E-state index in [4.69, 9.17) is 10.3 Å². The number of nitrogens with zero attached hydrogens (tertiary/aromatic N) is 3. The van der Waals surface area contributed by atoms with Crippen molar-refractivity contribution in [2.75, 3.05) is 13.1 Å². The minimum atomic E-state index is -0.127. The number of nitrogens with two attached hydrogens (primary N) is 1. The van der Waals surface area contributed by atoms with E-state index in [9.17, 15) is 4.79 Å². The van der Waals surface area contributed by atoms with Gasteiger partial charge in [0, 0.05) is 25.1 Å². The van der Waals surface area contributed by atoms with Crippen LogP contribution in [0.1, 0.15) is 37.6 Å². The Morgan fingerprint density at radius 1 is 1.30 bits per heavy atom. The quantitative estimate of drug-likeness (QED) is 0.927. The lowest BCUT2D eigenvalue weighted by molar-refractivity contribution is -0.135. The first-order valence-corrected chi connectivity index (χ1v) is 7.68. The summed E-state index contributed by atoms with van der Waals surface area (Å²) in [7, 11) is 0. The van der Waals surface area contributed by atoms with Gasteiger partial charge in [-0.3, -0.25) is 4.79 Å². The maximum atomic E-state index is 12.2. The Labute approximate surface area is 141 Å². The number of halogens is 1. The highest BCUT2D eigenvalue weighted by atomic mass is 35.5. The van der Waals surface area contributed by atoms with Crippen molar-refractivity contribution < 1.29 is 9.32 Å². The summed E-state index contributed by atoms with van der Waals surface area (Å²) >= 11 is 0. The van der Waals surface area contributed by atoms with Crippen LogP contribution in [-0.2, 0) is 4.79 Å². The predicted octanol–water partition coefficient (Wildman–Crippen LogP) is 2.56. The lowest BCUT2D eigenvalue weighted by Crippen LogP contribution is -2.39. The third-order valence-electron chi connectivity index (χ3n) is 3.94. The fourth-order valence-corrected chi connectivity index (χ4v) is 2.83. The third-order valence-corrected chi connectivity index (χ3v) is 3.94. The van der Waals surface area contributed by atoms with E-state index in [0.717, 1.165) is 31.4 Å². The van der Waals surface area contributed by atoms with E-state index in [1.54, 1.807) is 0 Å². The highest BCUT2D eigenvalue weighted by molar-refractivity contribution is 5.85. The lowest BCUT2D eigenvalue weighted by Gasteiger charge is -2.33. The number of carbonyl (C=O) groups excluding carboxylic acids is 1. The number of rotatable bonds is 4. The zero-order valence-corrected chi connectivity index (χ0v) is 13.7. The molecule has 7 heteroatoms. The van der Waals surface area contributed by atoms with E-state index in [1.807, 2.05) is 35.2 Å². The first-order valence-electron chi connectivity index (χ1n) is 7.68. The average Bonchev–Trinajstić information content (AvgIpc) is 3.06. The van der Waals surface area contributed by atoms with Crippen molar-refractivity contribution in [2.24, 2.45) is 5.73 Å². The minimum absolute atomic E-state index is 0. The van der Waals surface area contributed by atoms with Gasteiger partial charge in [-0.25, -0.2) is 0 Å². The number of hydrogen-bond donors (Lipinski definition) is 1. The number of likely N-dealkylation sites (tertiary alicyclic amines) is 1. The van der Waals surface area contributed by atoms with Gasteiger partial charge in [0.05, 0.1) is 0 Å². The number of amides is 1. The van der Waals surface area contributed by atoms with Crippen LogP contribution in [0.4, 0.5) is 0 Å². The Hall–Kier alpha value is -1.92. The Morgan fingerprint density at radius 3 is 2.83 bits per heavy atom. The van der Waals surface area contributed by atoms with Gasteiger partial charge in [0.25, 0.3) is 0 Å². The van der Waals surface area contributed by atoms with E-state index in [-0.39, 0.29) is 24.4 Å². The van der Waals surface area contributed by atoms with Crippen molar-refractivity contribution in [2.45, 2.75) is 31.7 Å². The molecule has 2 aromatic rings. The van der Waals surface area contributed by atoms with Crippen LogP contribution in [0.3, 0.4) is 0 Å². The maximum absolute atomic E-state index is 12.2. The van der Waals surface area contributed by atoms with Gasteiger partial charge in [0.15, 0.2) is 0 Å². The van der Waals surface area contributed by atoms with Crippen molar-refractivity contribution in [1.29, 1.82) is 0 Å². The van der Waals surface area contributed by atoms with Gasteiger partial charge >= 0.3 is 0 Å². The molecule has 6 nitrogen and oxygen atoms in total. The molecule has 1 amide bonds. The van der Waals surface area contributed by atoms with Crippen LogP contribution in [-0.4, -0.2) is 34.0 Å². The molecule has 23 heavy (non-hydrogen) atoms. The molecule has 0 radical (unpaired) electrons. The standard InChI is InChI=1S/C16H20N4O2.ClH/c17-10-9-14(21)20-11-5-4-8-13(20)16-18-15(19-22-16)12-6-2-1-3-7-12;/h1-3,6-7,13H,4-5,8-11,17H2;1H. The summed E-state index contributed by atoms with van der Waals surface area (Å²) in [5.74, 6) is 1.14. The van der Waals surface area contributed by atoms with Crippen molar-refractivity contribution in [3.05, 3.63) is 36.2 Å². The molecule has 2 N–H and O–H groups in total. The second-order valence-corrected chi connectivity index (χ2v) is 5.46. The second-order valence-electron chi connectivity index (χ2n) is 5.46. The molecule has 1 saturated heterocycles. The second kappa shape index (κ2) is 8.08. The number of benzene rings is 1. The Bertz CT molecular complexity index is 632. The molecule has 124 valence electrons. The average molecular weight is 337 g/mol. The molecule has 1 fully saturated rings. The Morgan fingerprint density at radius 2 is 2.09 bits per heavy atom. The molecule has 3 rings (SSSR count). The van der Waals surface area contributed by atoms with E-state index < -0.39 is 0 Å². The maximum Gasteiger partial charge on any atom is 0.249 e. The molecule has 0 bridgehead atoms. The van der Waals surface area contributed by atoms with Gasteiger partial charge in [-0.15, -0.1) is 12.4 Å². The summed E-state index contributed by atoms with van der Waals surface area (Å²) in [5.41, 5.74) is 6.41. The number of carbonyl (C=O) groups is 1. The first-order chi connectivity index (χ1) is 10.8. The van der Waals surface area contributed by atoms with Gasteiger partial charge in [-0.1, -0.05) is 35.5 Å². The van der Waals surface area contributed by atoms with Gasteiger partial charge in [-0.05, 0) is 19.3 Å². The van der Waals surface area contributed by atoms with Crippen LogP contribution < -0.4 is 5.73 Å². The molecule has 1 aromatic heterocycles. The smallest absolute Gasteiger partial charge is 0.249 e. The van der Waals surface area contributed by atoms with Crippen molar-refractivity contribution in [3.8, 4) is 11.4 Å². The van der Waals surface area contributed by atoms with Gasteiger partial charge in [0.1, 0.15) is 6.04 Å². The fraction of sp³-hybridized carbons (Fsp3) is 0.438. The monoisotopic (exact) mass is 336 g/mol. The fourth-order valence-electron chi connectivity index (χ4n) is 2.83. The molecular weight excluding hydrogens is 316 g/mol. The predicted molar refractivity (Wildman–Crippen MR) is 89.0 cm³/mol. The lowest BCUT2D eigenvalue weighted by atomic mass is 10.0. The van der Waals surface area contributed by atoms with Gasteiger partial charge in [-0.2, -0.15) is 4.98 Å². The largest absolute Gasteiger partial charge is 0.337 e. The van der Waals surface area contributed by atoms with Crippen molar-refractivity contribution in [1.82, 2.24) is 15.0 Å². The van der Waals surface area contributed by atoms with Crippen LogP contribution >= 0.6 is 12.4 Å². The SMILES string of the molecule is Cl.NCCC(=O)N1CCCCC1c1nc(-c2ccccc2)no1. The summed E-state index contributed by atoms with van der Waals surface area (Å²) in [6.07, 6.45) is 3.27. The molecule has 1 aliphatic heterocycles. The van der Waals surface area contributed by atoms with E-state index in [1.165, 1.54) is 0 Å². The van der Waals surface area contributed by atoms with Crippen molar-refractivity contribution >= 4 is 18.3 Å². The van der Waals surface area contributed by atoms with Gasteiger partial charge in [0.2, 0.25) is 17.6 Å². The Kier molecular flexibility index (Phi) is 6.12.